The van der Waals surface area contributed by atoms with Crippen LogP contribution in [0.15, 0.2) is 53.4 Å². The number of nitrogens with one attached hydrogen (secondary N) is 2. The van der Waals surface area contributed by atoms with Gasteiger partial charge in [-0.25, -0.2) is 8.42 Å². The molecule has 0 saturated carbocycles. The molecule has 0 unspecified atom stereocenters. The van der Waals surface area contributed by atoms with E-state index in [9.17, 15) is 13.2 Å². The fourth-order valence-electron chi connectivity index (χ4n) is 3.19. The standard InChI is InChI=1S/C22H26N4O4S/c1-5-30-20-12-8-18(9-13-20)23-21(27)14-26(19-10-6-15(2)7-11-19)31(28,29)22-16(3)24-25-17(22)4/h6-13H,5,14H2,1-4H3,(H,23,27)(H,24,25). The molecule has 0 aliphatic carbocycles. The number of aryl methyl sites for hydroxylation is 3. The van der Waals surface area contributed by atoms with E-state index in [0.717, 1.165) is 9.87 Å². The van der Waals surface area contributed by atoms with Crippen molar-refractivity contribution >= 4 is 27.3 Å². The van der Waals surface area contributed by atoms with Crippen molar-refractivity contribution in [1.82, 2.24) is 10.2 Å². The average Bonchev–Trinajstić information content (AvgIpc) is 3.07. The molecule has 0 fully saturated rings. The molecule has 0 aliphatic heterocycles. The molecule has 9 heteroatoms. The van der Waals surface area contributed by atoms with Gasteiger partial charge in [-0.05, 0) is 64.1 Å². The number of aromatic nitrogens is 2. The molecule has 164 valence electrons. The summed E-state index contributed by atoms with van der Waals surface area (Å²) in [6, 6.07) is 13.9. The molecule has 0 radical (unpaired) electrons. The molecule has 1 heterocycles. The molecule has 3 aromatic rings. The molecule has 8 nitrogen and oxygen atoms in total. The lowest BCUT2D eigenvalue weighted by Gasteiger charge is -2.24. The van der Waals surface area contributed by atoms with Gasteiger partial charge in [0.1, 0.15) is 17.2 Å². The first-order chi connectivity index (χ1) is 14.7. The van der Waals surface area contributed by atoms with Crippen LogP contribution in [-0.2, 0) is 14.8 Å². The van der Waals surface area contributed by atoms with E-state index in [-0.39, 0.29) is 11.4 Å². The monoisotopic (exact) mass is 442 g/mol. The fraction of sp³-hybridized carbons (Fsp3) is 0.273. The van der Waals surface area contributed by atoms with E-state index in [2.05, 4.69) is 15.5 Å². The largest absolute Gasteiger partial charge is 0.494 e. The molecule has 3 rings (SSSR count). The van der Waals surface area contributed by atoms with Gasteiger partial charge in [-0.15, -0.1) is 0 Å². The second-order valence-corrected chi connectivity index (χ2v) is 8.92. The van der Waals surface area contributed by atoms with Crippen LogP contribution in [-0.4, -0.2) is 37.7 Å². The van der Waals surface area contributed by atoms with Gasteiger partial charge >= 0.3 is 0 Å². The van der Waals surface area contributed by atoms with E-state index in [1.807, 2.05) is 13.8 Å². The highest BCUT2D eigenvalue weighted by molar-refractivity contribution is 7.93. The Kier molecular flexibility index (Phi) is 6.65. The van der Waals surface area contributed by atoms with Crippen molar-refractivity contribution in [1.29, 1.82) is 0 Å². The summed E-state index contributed by atoms with van der Waals surface area (Å²) in [6.45, 7) is 7.21. The number of aromatic amines is 1. The number of sulfonamides is 1. The van der Waals surface area contributed by atoms with Crippen LogP contribution in [0.1, 0.15) is 23.9 Å². The summed E-state index contributed by atoms with van der Waals surface area (Å²) in [5, 5.41) is 9.44. The maximum Gasteiger partial charge on any atom is 0.268 e. The Labute approximate surface area is 182 Å². The SMILES string of the molecule is CCOc1ccc(NC(=O)CN(c2ccc(C)cc2)S(=O)(=O)c2c(C)n[nH]c2C)cc1. The van der Waals surface area contributed by atoms with Gasteiger partial charge in [0.2, 0.25) is 5.91 Å². The van der Waals surface area contributed by atoms with Gasteiger partial charge in [-0.3, -0.25) is 14.2 Å². The lowest BCUT2D eigenvalue weighted by molar-refractivity contribution is -0.114. The molecule has 0 atom stereocenters. The van der Waals surface area contributed by atoms with Crippen LogP contribution in [0.4, 0.5) is 11.4 Å². The highest BCUT2D eigenvalue weighted by atomic mass is 32.2. The number of anilines is 2. The summed E-state index contributed by atoms with van der Waals surface area (Å²) in [7, 11) is -4.03. The smallest absolute Gasteiger partial charge is 0.268 e. The molecule has 0 saturated heterocycles. The Bertz CT molecular complexity index is 1130. The Morgan fingerprint density at radius 3 is 2.26 bits per heavy atom. The molecule has 31 heavy (non-hydrogen) atoms. The average molecular weight is 443 g/mol. The zero-order valence-electron chi connectivity index (χ0n) is 18.0. The number of benzene rings is 2. The summed E-state index contributed by atoms with van der Waals surface area (Å²) in [6.07, 6.45) is 0. The third kappa shape index (κ3) is 5.05. The molecule has 1 amide bonds. The summed E-state index contributed by atoms with van der Waals surface area (Å²) in [5.74, 6) is 0.224. The zero-order valence-corrected chi connectivity index (χ0v) is 18.8. The zero-order chi connectivity index (χ0) is 22.6. The number of amides is 1. The second kappa shape index (κ2) is 9.22. The predicted octanol–water partition coefficient (Wildman–Crippen LogP) is 3.57. The highest BCUT2D eigenvalue weighted by Gasteiger charge is 2.31. The minimum Gasteiger partial charge on any atom is -0.494 e. The Morgan fingerprint density at radius 2 is 1.71 bits per heavy atom. The number of carbonyl (C=O) groups excluding carboxylic acids is 1. The number of hydrogen-bond donors (Lipinski definition) is 2. The van der Waals surface area contributed by atoms with E-state index < -0.39 is 15.9 Å². The van der Waals surface area contributed by atoms with Gasteiger partial charge in [-0.1, -0.05) is 17.7 Å². The van der Waals surface area contributed by atoms with Crippen molar-refractivity contribution in [3.8, 4) is 5.75 Å². The third-order valence-corrected chi connectivity index (χ3v) is 6.70. The van der Waals surface area contributed by atoms with Crippen LogP contribution in [0, 0.1) is 20.8 Å². The van der Waals surface area contributed by atoms with E-state index in [1.54, 1.807) is 62.4 Å². The van der Waals surface area contributed by atoms with Crippen LogP contribution in [0.5, 0.6) is 5.75 Å². The summed E-state index contributed by atoms with van der Waals surface area (Å²) in [5.41, 5.74) is 2.69. The van der Waals surface area contributed by atoms with E-state index in [4.69, 9.17) is 4.74 Å². The first-order valence-electron chi connectivity index (χ1n) is 9.86. The molecule has 0 aliphatic rings. The number of ether oxygens (including phenoxy) is 1. The normalized spacial score (nSPS) is 11.2. The minimum atomic E-state index is -4.03. The summed E-state index contributed by atoms with van der Waals surface area (Å²) in [4.78, 5) is 12.9. The van der Waals surface area contributed by atoms with Gasteiger partial charge in [0.25, 0.3) is 10.0 Å². The first kappa shape index (κ1) is 22.4. The molecule has 1 aromatic heterocycles. The maximum atomic E-state index is 13.5. The van der Waals surface area contributed by atoms with Gasteiger partial charge in [0.15, 0.2) is 0 Å². The Balaban J connectivity index is 1.90. The topological polar surface area (TPSA) is 104 Å². The molecular weight excluding hydrogens is 416 g/mol. The number of rotatable bonds is 8. The second-order valence-electron chi connectivity index (χ2n) is 7.12. The predicted molar refractivity (Wildman–Crippen MR) is 120 cm³/mol. The maximum absolute atomic E-state index is 13.5. The molecule has 2 aromatic carbocycles. The van der Waals surface area contributed by atoms with Gasteiger partial charge in [0.05, 0.1) is 23.7 Å². The molecule has 2 N–H and O–H groups in total. The summed E-state index contributed by atoms with van der Waals surface area (Å²) < 4.78 is 33.5. The molecular formula is C22H26N4O4S. The van der Waals surface area contributed by atoms with Crippen LogP contribution in [0.3, 0.4) is 0 Å². The van der Waals surface area contributed by atoms with Gasteiger partial charge in [-0.2, -0.15) is 5.10 Å². The third-order valence-electron chi connectivity index (χ3n) is 4.67. The van der Waals surface area contributed by atoms with Crippen molar-refractivity contribution in [2.75, 3.05) is 22.8 Å². The molecule has 0 bridgehead atoms. The Morgan fingerprint density at radius 1 is 1.06 bits per heavy atom. The van der Waals surface area contributed by atoms with Gasteiger partial charge < -0.3 is 10.1 Å². The van der Waals surface area contributed by atoms with Crippen molar-refractivity contribution < 1.29 is 17.9 Å². The van der Waals surface area contributed by atoms with Crippen molar-refractivity contribution in [2.24, 2.45) is 0 Å². The number of H-pyrrole nitrogens is 1. The van der Waals surface area contributed by atoms with Crippen molar-refractivity contribution in [3.63, 3.8) is 0 Å². The van der Waals surface area contributed by atoms with Crippen molar-refractivity contribution in [2.45, 2.75) is 32.6 Å². The number of carbonyl (C=O) groups is 1. The van der Waals surface area contributed by atoms with E-state index >= 15 is 0 Å². The fourth-order valence-corrected chi connectivity index (χ4v) is 4.95. The van der Waals surface area contributed by atoms with Crippen LogP contribution in [0.25, 0.3) is 0 Å². The lowest BCUT2D eigenvalue weighted by Crippen LogP contribution is -2.38. The summed E-state index contributed by atoms with van der Waals surface area (Å²) >= 11 is 0. The number of hydrogen-bond acceptors (Lipinski definition) is 5. The van der Waals surface area contributed by atoms with Crippen LogP contribution in [0.2, 0.25) is 0 Å². The quantitative estimate of drug-likeness (QED) is 0.555. The van der Waals surface area contributed by atoms with Crippen molar-refractivity contribution in [3.05, 3.63) is 65.5 Å². The highest BCUT2D eigenvalue weighted by Crippen LogP contribution is 2.27. The lowest BCUT2D eigenvalue weighted by atomic mass is 10.2. The van der Waals surface area contributed by atoms with E-state index in [1.165, 1.54) is 0 Å². The van der Waals surface area contributed by atoms with Gasteiger partial charge in [0, 0.05) is 5.69 Å². The van der Waals surface area contributed by atoms with Crippen LogP contribution < -0.4 is 14.4 Å². The van der Waals surface area contributed by atoms with E-state index in [0.29, 0.717) is 35.1 Å². The minimum absolute atomic E-state index is 0.0712. The first-order valence-corrected chi connectivity index (χ1v) is 11.3. The molecule has 0 spiro atoms. The number of nitrogens with zero attached hydrogens (tertiary/aromatic N) is 2. The Hall–Kier alpha value is -3.33. The van der Waals surface area contributed by atoms with Crippen LogP contribution >= 0.6 is 0 Å².